The summed E-state index contributed by atoms with van der Waals surface area (Å²) in [6.07, 6.45) is 1.95. The van der Waals surface area contributed by atoms with Gasteiger partial charge in [-0.1, -0.05) is 42.5 Å². The molecule has 2 aromatic carbocycles. The number of nitrogens with one attached hydrogen (secondary N) is 1. The number of hydrogen-bond acceptors (Lipinski definition) is 4. The van der Waals surface area contributed by atoms with Crippen LogP contribution in [-0.4, -0.2) is 32.7 Å². The largest absolute Gasteiger partial charge is 0.354 e. The molecule has 0 aliphatic rings. The summed E-state index contributed by atoms with van der Waals surface area (Å²) in [5.41, 5.74) is 1.61. The molecule has 1 heterocycles. The van der Waals surface area contributed by atoms with Gasteiger partial charge in [0.25, 0.3) is 0 Å². The molecule has 1 amide bonds. The quantitative estimate of drug-likeness (QED) is 0.749. The summed E-state index contributed by atoms with van der Waals surface area (Å²) in [6, 6.07) is 15.0. The van der Waals surface area contributed by atoms with Gasteiger partial charge in [-0.3, -0.25) is 4.79 Å². The molecule has 1 atom stereocenters. The van der Waals surface area contributed by atoms with Gasteiger partial charge in [0.15, 0.2) is 6.04 Å². The molecule has 24 heavy (non-hydrogen) atoms. The lowest BCUT2D eigenvalue weighted by molar-refractivity contribution is -0.123. The van der Waals surface area contributed by atoms with E-state index in [0.29, 0.717) is 13.0 Å². The van der Waals surface area contributed by atoms with E-state index in [-0.39, 0.29) is 11.7 Å². The summed E-state index contributed by atoms with van der Waals surface area (Å²) >= 11 is 0. The summed E-state index contributed by atoms with van der Waals surface area (Å²) in [6.45, 7) is 0.397. The third-order valence-electron chi connectivity index (χ3n) is 3.60. The smallest absolute Gasteiger partial charge is 0.249 e. The van der Waals surface area contributed by atoms with Crippen molar-refractivity contribution in [1.82, 2.24) is 25.5 Å². The molecular formula is C17H16FN5O. The van der Waals surface area contributed by atoms with Crippen LogP contribution in [0.4, 0.5) is 4.39 Å². The van der Waals surface area contributed by atoms with Gasteiger partial charge in [-0.15, -0.1) is 5.10 Å². The number of benzene rings is 2. The first kappa shape index (κ1) is 15.8. The Morgan fingerprint density at radius 2 is 2.00 bits per heavy atom. The summed E-state index contributed by atoms with van der Waals surface area (Å²) in [7, 11) is 0. The number of amides is 1. The fourth-order valence-corrected chi connectivity index (χ4v) is 2.47. The predicted molar refractivity (Wildman–Crippen MR) is 85.5 cm³/mol. The Bertz CT molecular complexity index is 792. The number of nitrogens with zero attached hydrogens (tertiary/aromatic N) is 4. The molecule has 3 rings (SSSR count). The summed E-state index contributed by atoms with van der Waals surface area (Å²) in [5, 5.41) is 13.9. The fraction of sp³-hybridized carbons (Fsp3) is 0.176. The van der Waals surface area contributed by atoms with Crippen LogP contribution < -0.4 is 5.32 Å². The minimum absolute atomic E-state index is 0.218. The van der Waals surface area contributed by atoms with Gasteiger partial charge in [0, 0.05) is 6.54 Å². The number of tetrazole rings is 1. The molecule has 7 heteroatoms. The highest BCUT2D eigenvalue weighted by Crippen LogP contribution is 2.16. The van der Waals surface area contributed by atoms with Crippen molar-refractivity contribution in [3.8, 4) is 0 Å². The zero-order chi connectivity index (χ0) is 16.8. The van der Waals surface area contributed by atoms with Crippen molar-refractivity contribution in [3.05, 3.63) is 77.9 Å². The first-order valence-electron chi connectivity index (χ1n) is 7.53. The van der Waals surface area contributed by atoms with Crippen molar-refractivity contribution in [2.24, 2.45) is 0 Å². The second kappa shape index (κ2) is 7.45. The van der Waals surface area contributed by atoms with Gasteiger partial charge < -0.3 is 5.32 Å². The maximum Gasteiger partial charge on any atom is 0.249 e. The minimum Gasteiger partial charge on any atom is -0.354 e. The normalized spacial score (nSPS) is 11.9. The molecule has 122 valence electrons. The molecule has 0 bridgehead atoms. The second-order valence-corrected chi connectivity index (χ2v) is 5.27. The highest BCUT2D eigenvalue weighted by atomic mass is 19.1. The third kappa shape index (κ3) is 3.81. The Morgan fingerprint density at radius 3 is 2.71 bits per heavy atom. The molecule has 0 aliphatic heterocycles. The minimum atomic E-state index is -0.645. The van der Waals surface area contributed by atoms with Crippen LogP contribution >= 0.6 is 0 Å². The number of carbonyl (C=O) groups excluding carboxylic acids is 1. The first-order valence-corrected chi connectivity index (χ1v) is 7.53. The van der Waals surface area contributed by atoms with Crippen LogP contribution in [0.15, 0.2) is 60.9 Å². The van der Waals surface area contributed by atoms with E-state index < -0.39 is 6.04 Å². The maximum atomic E-state index is 13.2. The van der Waals surface area contributed by atoms with Crippen molar-refractivity contribution in [3.63, 3.8) is 0 Å². The molecule has 0 radical (unpaired) electrons. The lowest BCUT2D eigenvalue weighted by atomic mass is 10.1. The molecule has 0 fully saturated rings. The molecule has 0 saturated carbocycles. The lowest BCUT2D eigenvalue weighted by Gasteiger charge is -2.16. The average Bonchev–Trinajstić information content (AvgIpc) is 3.10. The SMILES string of the molecule is O=C(NCCc1cccc(F)c1)[C@H](c1ccccc1)n1cnnn1. The van der Waals surface area contributed by atoms with E-state index in [1.54, 1.807) is 6.07 Å². The van der Waals surface area contributed by atoms with Gasteiger partial charge in [-0.2, -0.15) is 0 Å². The molecule has 1 N–H and O–H groups in total. The Kier molecular flexibility index (Phi) is 4.90. The fourth-order valence-electron chi connectivity index (χ4n) is 2.47. The maximum absolute atomic E-state index is 13.2. The zero-order valence-electron chi connectivity index (χ0n) is 12.8. The van der Waals surface area contributed by atoms with Crippen molar-refractivity contribution in [1.29, 1.82) is 0 Å². The van der Waals surface area contributed by atoms with Crippen LogP contribution in [0, 0.1) is 5.82 Å². The molecule has 1 aromatic heterocycles. The van der Waals surface area contributed by atoms with Crippen LogP contribution in [0.5, 0.6) is 0 Å². The van der Waals surface area contributed by atoms with Crippen molar-refractivity contribution in [2.45, 2.75) is 12.5 Å². The van der Waals surface area contributed by atoms with E-state index in [1.807, 2.05) is 36.4 Å². The topological polar surface area (TPSA) is 72.7 Å². The van der Waals surface area contributed by atoms with Crippen LogP contribution in [-0.2, 0) is 11.2 Å². The molecule has 0 saturated heterocycles. The lowest BCUT2D eigenvalue weighted by Crippen LogP contribution is -2.34. The van der Waals surface area contributed by atoms with Gasteiger partial charge >= 0.3 is 0 Å². The van der Waals surface area contributed by atoms with E-state index in [1.165, 1.54) is 23.1 Å². The van der Waals surface area contributed by atoms with Crippen LogP contribution in [0.2, 0.25) is 0 Å². The monoisotopic (exact) mass is 325 g/mol. The molecule has 6 nitrogen and oxygen atoms in total. The Morgan fingerprint density at radius 1 is 1.17 bits per heavy atom. The second-order valence-electron chi connectivity index (χ2n) is 5.27. The van der Waals surface area contributed by atoms with E-state index in [2.05, 4.69) is 20.8 Å². The van der Waals surface area contributed by atoms with Gasteiger partial charge in [-0.25, -0.2) is 9.07 Å². The van der Waals surface area contributed by atoms with Crippen molar-refractivity contribution < 1.29 is 9.18 Å². The average molecular weight is 325 g/mol. The van der Waals surface area contributed by atoms with E-state index in [9.17, 15) is 9.18 Å². The standard InChI is InChI=1S/C17H16FN5O/c18-15-8-4-5-13(11-15)9-10-19-17(24)16(23-12-20-21-22-23)14-6-2-1-3-7-14/h1-8,11-12,16H,9-10H2,(H,19,24)/t16-/m0/s1. The molecule has 0 spiro atoms. The van der Waals surface area contributed by atoms with Gasteiger partial charge in [0.2, 0.25) is 5.91 Å². The van der Waals surface area contributed by atoms with Gasteiger partial charge in [0.05, 0.1) is 0 Å². The Balaban J connectivity index is 1.68. The highest BCUT2D eigenvalue weighted by Gasteiger charge is 2.23. The molecule has 0 unspecified atom stereocenters. The number of halogens is 1. The third-order valence-corrected chi connectivity index (χ3v) is 3.60. The molecule has 3 aromatic rings. The number of hydrogen-bond donors (Lipinski definition) is 1. The predicted octanol–water partition coefficient (Wildman–Crippen LogP) is 1.76. The number of rotatable bonds is 6. The Hall–Kier alpha value is -3.09. The summed E-state index contributed by atoms with van der Waals surface area (Å²) in [5.74, 6) is -0.500. The van der Waals surface area contributed by atoms with Gasteiger partial charge in [-0.05, 0) is 40.1 Å². The number of aromatic nitrogens is 4. The van der Waals surface area contributed by atoms with Crippen LogP contribution in [0.25, 0.3) is 0 Å². The summed E-state index contributed by atoms with van der Waals surface area (Å²) < 4.78 is 14.6. The summed E-state index contributed by atoms with van der Waals surface area (Å²) in [4.78, 5) is 12.6. The Labute approximate surface area is 138 Å². The molecular weight excluding hydrogens is 309 g/mol. The first-order chi connectivity index (χ1) is 11.7. The van der Waals surface area contributed by atoms with E-state index in [0.717, 1.165) is 11.1 Å². The van der Waals surface area contributed by atoms with Gasteiger partial charge in [0.1, 0.15) is 12.1 Å². The van der Waals surface area contributed by atoms with Crippen LogP contribution in [0.3, 0.4) is 0 Å². The van der Waals surface area contributed by atoms with Crippen LogP contribution in [0.1, 0.15) is 17.2 Å². The van der Waals surface area contributed by atoms with E-state index >= 15 is 0 Å². The van der Waals surface area contributed by atoms with Crippen molar-refractivity contribution >= 4 is 5.91 Å². The van der Waals surface area contributed by atoms with E-state index in [4.69, 9.17) is 0 Å². The van der Waals surface area contributed by atoms with Crippen molar-refractivity contribution in [2.75, 3.05) is 6.54 Å². The molecule has 0 aliphatic carbocycles. The zero-order valence-corrected chi connectivity index (χ0v) is 12.8. The number of carbonyl (C=O) groups is 1. The highest BCUT2D eigenvalue weighted by molar-refractivity contribution is 5.83.